The van der Waals surface area contributed by atoms with Crippen LogP contribution in [0.3, 0.4) is 0 Å². The molecule has 0 bridgehead atoms. The quantitative estimate of drug-likeness (QED) is 0.433. The summed E-state index contributed by atoms with van der Waals surface area (Å²) in [6.45, 7) is 4.47. The molecule has 6 heteroatoms. The van der Waals surface area contributed by atoms with Gasteiger partial charge in [-0.3, -0.25) is 4.79 Å². The highest BCUT2D eigenvalue weighted by Crippen LogP contribution is 2.30. The van der Waals surface area contributed by atoms with Crippen LogP contribution in [0, 0.1) is 5.82 Å². The van der Waals surface area contributed by atoms with Crippen LogP contribution in [-0.4, -0.2) is 17.9 Å². The predicted octanol–water partition coefficient (Wildman–Crippen LogP) is 6.24. The Hall–Kier alpha value is -2.92. The third kappa shape index (κ3) is 4.79. The number of halogens is 2. The summed E-state index contributed by atoms with van der Waals surface area (Å²) in [6.07, 6.45) is 2.20. The van der Waals surface area contributed by atoms with Gasteiger partial charge in [-0.05, 0) is 53.8 Å². The lowest BCUT2D eigenvalue weighted by Crippen LogP contribution is -2.10. The first-order valence-corrected chi connectivity index (χ1v) is 10.2. The second-order valence-corrected chi connectivity index (χ2v) is 7.50. The van der Waals surface area contributed by atoms with Crippen LogP contribution in [0.4, 0.5) is 10.2 Å². The molecule has 1 aromatic heterocycles. The van der Waals surface area contributed by atoms with E-state index in [1.165, 1.54) is 6.20 Å². The smallest absolute Gasteiger partial charge is 0.199 e. The van der Waals surface area contributed by atoms with Crippen molar-refractivity contribution in [2.24, 2.45) is 0 Å². The standard InChI is InChI=1S/C24H24ClFN2O2/c1-4-15(2)19-10-11-20(25)22(23(19)26)24(29)17-7-12-21(28-14-17)27-13-16-5-8-18(30-3)9-6-16/h5-12,14-15H,4,13H2,1-3H3,(H,27,28)/t15-/m1/s1. The van der Waals surface area contributed by atoms with Gasteiger partial charge in [0.05, 0.1) is 17.7 Å². The van der Waals surface area contributed by atoms with Gasteiger partial charge in [0.2, 0.25) is 0 Å². The Bertz CT molecular complexity index is 1020. The molecule has 0 aliphatic heterocycles. The first kappa shape index (κ1) is 21.8. The number of methoxy groups -OCH3 is 1. The van der Waals surface area contributed by atoms with E-state index in [0.717, 1.165) is 17.7 Å². The minimum absolute atomic E-state index is 0.00327. The number of hydrogen-bond donors (Lipinski definition) is 1. The zero-order chi connectivity index (χ0) is 21.7. The van der Waals surface area contributed by atoms with Gasteiger partial charge in [-0.25, -0.2) is 9.37 Å². The van der Waals surface area contributed by atoms with E-state index in [0.29, 0.717) is 17.9 Å². The molecule has 0 spiro atoms. The van der Waals surface area contributed by atoms with Gasteiger partial charge in [-0.1, -0.05) is 43.6 Å². The summed E-state index contributed by atoms with van der Waals surface area (Å²) in [6, 6.07) is 14.2. The number of rotatable bonds is 8. The summed E-state index contributed by atoms with van der Waals surface area (Å²) in [7, 11) is 1.62. The second-order valence-electron chi connectivity index (χ2n) is 7.10. The van der Waals surface area contributed by atoms with Gasteiger partial charge in [0.1, 0.15) is 17.4 Å². The number of aromatic nitrogens is 1. The molecule has 0 fully saturated rings. The summed E-state index contributed by atoms with van der Waals surface area (Å²) in [5, 5.41) is 3.30. The van der Waals surface area contributed by atoms with E-state index in [4.69, 9.17) is 16.3 Å². The summed E-state index contributed by atoms with van der Waals surface area (Å²) in [4.78, 5) is 17.2. The Kier molecular flexibility index (Phi) is 7.06. The summed E-state index contributed by atoms with van der Waals surface area (Å²) in [5.41, 5.74) is 1.74. The topological polar surface area (TPSA) is 51.2 Å². The van der Waals surface area contributed by atoms with E-state index in [2.05, 4.69) is 10.3 Å². The van der Waals surface area contributed by atoms with Crippen molar-refractivity contribution in [3.8, 4) is 5.75 Å². The Balaban J connectivity index is 1.75. The lowest BCUT2D eigenvalue weighted by atomic mass is 9.93. The number of ether oxygens (including phenoxy) is 1. The average Bonchev–Trinajstić information content (AvgIpc) is 2.78. The molecular formula is C24H24ClFN2O2. The molecule has 1 atom stereocenters. The Morgan fingerprint density at radius 1 is 1.17 bits per heavy atom. The van der Waals surface area contributed by atoms with Crippen LogP contribution in [0.1, 0.15) is 53.2 Å². The van der Waals surface area contributed by atoms with Gasteiger partial charge in [0, 0.05) is 18.3 Å². The Morgan fingerprint density at radius 3 is 2.50 bits per heavy atom. The van der Waals surface area contributed by atoms with Crippen LogP contribution in [-0.2, 0) is 6.54 Å². The van der Waals surface area contributed by atoms with Crippen molar-refractivity contribution in [1.82, 2.24) is 4.98 Å². The number of pyridine rings is 1. The van der Waals surface area contributed by atoms with E-state index < -0.39 is 11.6 Å². The van der Waals surface area contributed by atoms with Gasteiger partial charge >= 0.3 is 0 Å². The number of carbonyl (C=O) groups excluding carboxylic acids is 1. The number of carbonyl (C=O) groups is 1. The van der Waals surface area contributed by atoms with Gasteiger partial charge in [0.25, 0.3) is 0 Å². The molecule has 0 amide bonds. The van der Waals surface area contributed by atoms with Crippen LogP contribution in [0.5, 0.6) is 5.75 Å². The molecule has 0 aliphatic carbocycles. The van der Waals surface area contributed by atoms with Crippen molar-refractivity contribution in [2.45, 2.75) is 32.7 Å². The molecule has 0 saturated heterocycles. The van der Waals surface area contributed by atoms with Crippen molar-refractivity contribution in [2.75, 3.05) is 12.4 Å². The molecule has 3 aromatic rings. The molecule has 4 nitrogen and oxygen atoms in total. The van der Waals surface area contributed by atoms with Gasteiger partial charge in [-0.2, -0.15) is 0 Å². The molecule has 1 N–H and O–H groups in total. The number of hydrogen-bond acceptors (Lipinski definition) is 4. The maximum atomic E-state index is 15.0. The largest absolute Gasteiger partial charge is 0.497 e. The first-order valence-electron chi connectivity index (χ1n) is 9.80. The minimum atomic E-state index is -0.552. The van der Waals surface area contributed by atoms with E-state index in [9.17, 15) is 4.79 Å². The van der Waals surface area contributed by atoms with Crippen LogP contribution in [0.15, 0.2) is 54.7 Å². The van der Waals surface area contributed by atoms with Crippen molar-refractivity contribution >= 4 is 23.2 Å². The lowest BCUT2D eigenvalue weighted by Gasteiger charge is -2.14. The van der Waals surface area contributed by atoms with Gasteiger partial charge in [-0.15, -0.1) is 0 Å². The zero-order valence-corrected chi connectivity index (χ0v) is 18.0. The third-order valence-corrected chi connectivity index (χ3v) is 5.46. The van der Waals surface area contributed by atoms with Gasteiger partial charge < -0.3 is 10.1 Å². The predicted molar refractivity (Wildman–Crippen MR) is 118 cm³/mol. The van der Waals surface area contributed by atoms with Crippen LogP contribution in [0.25, 0.3) is 0 Å². The number of benzene rings is 2. The number of nitrogens with zero attached hydrogens (tertiary/aromatic N) is 1. The second kappa shape index (κ2) is 9.72. The number of anilines is 1. The van der Waals surface area contributed by atoms with E-state index in [1.807, 2.05) is 38.1 Å². The molecule has 0 unspecified atom stereocenters. The van der Waals surface area contributed by atoms with E-state index in [-0.39, 0.29) is 22.1 Å². The Morgan fingerprint density at radius 2 is 1.90 bits per heavy atom. The molecule has 2 aromatic carbocycles. The first-order chi connectivity index (χ1) is 14.4. The summed E-state index contributed by atoms with van der Waals surface area (Å²) >= 11 is 6.16. The molecule has 30 heavy (non-hydrogen) atoms. The maximum absolute atomic E-state index is 15.0. The van der Waals surface area contributed by atoms with Crippen molar-refractivity contribution < 1.29 is 13.9 Å². The molecule has 1 heterocycles. The minimum Gasteiger partial charge on any atom is -0.497 e. The fourth-order valence-electron chi connectivity index (χ4n) is 3.09. The Labute approximate surface area is 181 Å². The number of ketones is 1. The molecular weight excluding hydrogens is 403 g/mol. The van der Waals surface area contributed by atoms with Gasteiger partial charge in [0.15, 0.2) is 5.78 Å². The van der Waals surface area contributed by atoms with Crippen LogP contribution < -0.4 is 10.1 Å². The molecule has 0 saturated carbocycles. The highest BCUT2D eigenvalue weighted by Gasteiger charge is 2.22. The molecule has 0 radical (unpaired) electrons. The van der Waals surface area contributed by atoms with Crippen LogP contribution >= 0.6 is 11.6 Å². The third-order valence-electron chi connectivity index (χ3n) is 5.15. The monoisotopic (exact) mass is 426 g/mol. The van der Waals surface area contributed by atoms with Crippen LogP contribution in [0.2, 0.25) is 5.02 Å². The van der Waals surface area contributed by atoms with Crippen molar-refractivity contribution in [1.29, 1.82) is 0 Å². The average molecular weight is 427 g/mol. The SMILES string of the molecule is CC[C@@H](C)c1ccc(Cl)c(C(=O)c2ccc(NCc3ccc(OC)cc3)nc2)c1F. The highest BCUT2D eigenvalue weighted by atomic mass is 35.5. The summed E-state index contributed by atoms with van der Waals surface area (Å²) < 4.78 is 20.1. The normalized spacial score (nSPS) is 11.8. The maximum Gasteiger partial charge on any atom is 0.199 e. The molecule has 3 rings (SSSR count). The fraction of sp³-hybridized carbons (Fsp3) is 0.250. The van der Waals surface area contributed by atoms with Crippen molar-refractivity contribution in [3.05, 3.63) is 87.8 Å². The van der Waals surface area contributed by atoms with E-state index >= 15 is 4.39 Å². The van der Waals surface area contributed by atoms with E-state index in [1.54, 1.807) is 31.4 Å². The summed E-state index contributed by atoms with van der Waals surface area (Å²) in [5.74, 6) is 0.377. The highest BCUT2D eigenvalue weighted by molar-refractivity contribution is 6.35. The van der Waals surface area contributed by atoms with Crippen molar-refractivity contribution in [3.63, 3.8) is 0 Å². The molecule has 0 aliphatic rings. The molecule has 156 valence electrons. The zero-order valence-electron chi connectivity index (χ0n) is 17.2. The lowest BCUT2D eigenvalue weighted by molar-refractivity contribution is 0.103. The number of nitrogens with one attached hydrogen (secondary N) is 1. The fourth-order valence-corrected chi connectivity index (χ4v) is 3.32.